The van der Waals surface area contributed by atoms with E-state index in [1.807, 2.05) is 17.0 Å². The number of ether oxygens (including phenoxy) is 1. The van der Waals surface area contributed by atoms with E-state index in [9.17, 15) is 4.79 Å². The van der Waals surface area contributed by atoms with Crippen LogP contribution in [0.25, 0.3) is 0 Å². The molecule has 6 nitrogen and oxygen atoms in total. The minimum absolute atomic E-state index is 0.127. The highest BCUT2D eigenvalue weighted by Crippen LogP contribution is 2.45. The molecule has 0 N–H and O–H groups in total. The van der Waals surface area contributed by atoms with Crippen LogP contribution in [0.5, 0.6) is 5.75 Å². The summed E-state index contributed by atoms with van der Waals surface area (Å²) in [5.41, 5.74) is 2.18. The maximum atomic E-state index is 12.3. The summed E-state index contributed by atoms with van der Waals surface area (Å²) in [6, 6.07) is 10.4. The van der Waals surface area contributed by atoms with Gasteiger partial charge in [-0.1, -0.05) is 31.1 Å². The Bertz CT molecular complexity index is 830. The van der Waals surface area contributed by atoms with Crippen LogP contribution in [0.15, 0.2) is 34.9 Å². The first-order chi connectivity index (χ1) is 13.5. The van der Waals surface area contributed by atoms with Crippen molar-refractivity contribution in [1.82, 2.24) is 15.0 Å². The Balaban J connectivity index is 1.50. The predicted octanol–water partition coefficient (Wildman–Crippen LogP) is 3.46. The SMILES string of the molecule is COc1ccc([C@H]2[C@@H]3CN(Cc4cc(C(C)C)on4)C[C@@H]3CN2C(C)=O)cc1. The standard InChI is InChI=1S/C22H29N3O3/c1-14(2)21-9-18(23-28-21)12-24-10-17-11-25(15(3)26)22(20(17)13-24)16-5-7-19(27-4)8-6-16/h5-9,14,17,20,22H,10-13H2,1-4H3/t17-,20-,22+/m1/s1. The van der Waals surface area contributed by atoms with Crippen LogP contribution >= 0.6 is 0 Å². The first kappa shape index (κ1) is 19.0. The van der Waals surface area contributed by atoms with Crippen molar-refractivity contribution in [2.45, 2.75) is 39.3 Å². The van der Waals surface area contributed by atoms with Gasteiger partial charge in [0.15, 0.2) is 0 Å². The van der Waals surface area contributed by atoms with Crippen LogP contribution in [0.4, 0.5) is 0 Å². The average Bonchev–Trinajstić information content (AvgIpc) is 3.36. The first-order valence-corrected chi connectivity index (χ1v) is 10.0. The lowest BCUT2D eigenvalue weighted by molar-refractivity contribution is -0.130. The van der Waals surface area contributed by atoms with Crippen molar-refractivity contribution < 1.29 is 14.1 Å². The number of aromatic nitrogens is 1. The average molecular weight is 383 g/mol. The molecule has 0 bridgehead atoms. The highest BCUT2D eigenvalue weighted by Gasteiger charge is 2.48. The van der Waals surface area contributed by atoms with E-state index in [-0.39, 0.29) is 11.9 Å². The van der Waals surface area contributed by atoms with Gasteiger partial charge < -0.3 is 14.2 Å². The minimum atomic E-state index is 0.127. The number of nitrogens with zero attached hydrogens (tertiary/aromatic N) is 3. The number of likely N-dealkylation sites (tertiary alicyclic amines) is 2. The molecule has 0 saturated carbocycles. The summed E-state index contributed by atoms with van der Waals surface area (Å²) >= 11 is 0. The maximum Gasteiger partial charge on any atom is 0.219 e. The zero-order chi connectivity index (χ0) is 19.8. The molecule has 28 heavy (non-hydrogen) atoms. The molecule has 3 atom stereocenters. The quantitative estimate of drug-likeness (QED) is 0.791. The molecule has 2 aliphatic rings. The van der Waals surface area contributed by atoms with Gasteiger partial charge >= 0.3 is 0 Å². The molecule has 0 spiro atoms. The summed E-state index contributed by atoms with van der Waals surface area (Å²) in [7, 11) is 1.67. The predicted molar refractivity (Wildman–Crippen MR) is 106 cm³/mol. The van der Waals surface area contributed by atoms with Gasteiger partial charge in [-0.3, -0.25) is 9.69 Å². The van der Waals surface area contributed by atoms with Crippen LogP contribution < -0.4 is 4.74 Å². The maximum absolute atomic E-state index is 12.3. The van der Waals surface area contributed by atoms with Gasteiger partial charge in [0, 0.05) is 51.0 Å². The molecule has 6 heteroatoms. The smallest absolute Gasteiger partial charge is 0.219 e. The number of amides is 1. The Hall–Kier alpha value is -2.34. The molecule has 0 unspecified atom stereocenters. The molecule has 150 valence electrons. The molecular weight excluding hydrogens is 354 g/mol. The van der Waals surface area contributed by atoms with Gasteiger partial charge in [0.1, 0.15) is 11.5 Å². The third-order valence-electron chi connectivity index (χ3n) is 6.13. The zero-order valence-electron chi connectivity index (χ0n) is 17.1. The largest absolute Gasteiger partial charge is 0.497 e. The third-order valence-corrected chi connectivity index (χ3v) is 6.13. The topological polar surface area (TPSA) is 58.8 Å². The Morgan fingerprint density at radius 3 is 2.61 bits per heavy atom. The number of methoxy groups -OCH3 is 1. The molecule has 0 aliphatic carbocycles. The van der Waals surface area contributed by atoms with E-state index >= 15 is 0 Å². The molecule has 1 aromatic carbocycles. The summed E-state index contributed by atoms with van der Waals surface area (Å²) in [4.78, 5) is 16.8. The van der Waals surface area contributed by atoms with Crippen LogP contribution in [0.3, 0.4) is 0 Å². The highest BCUT2D eigenvalue weighted by atomic mass is 16.5. The number of fused-ring (bicyclic) bond motifs is 1. The molecule has 2 aromatic rings. The fourth-order valence-electron chi connectivity index (χ4n) is 4.72. The van der Waals surface area contributed by atoms with Gasteiger partial charge in [0.05, 0.1) is 18.8 Å². The number of hydrogen-bond donors (Lipinski definition) is 0. The molecular formula is C22H29N3O3. The van der Waals surface area contributed by atoms with Crippen LogP contribution in [0.1, 0.15) is 49.7 Å². The minimum Gasteiger partial charge on any atom is -0.497 e. The van der Waals surface area contributed by atoms with Crippen LogP contribution in [0, 0.1) is 11.8 Å². The second kappa shape index (κ2) is 7.59. The molecule has 1 aromatic heterocycles. The second-order valence-corrected chi connectivity index (χ2v) is 8.38. The lowest BCUT2D eigenvalue weighted by atomic mass is 9.89. The van der Waals surface area contributed by atoms with Crippen molar-refractivity contribution in [1.29, 1.82) is 0 Å². The van der Waals surface area contributed by atoms with Crippen molar-refractivity contribution in [2.75, 3.05) is 26.7 Å². The summed E-state index contributed by atoms with van der Waals surface area (Å²) in [6.07, 6.45) is 0. The van der Waals surface area contributed by atoms with Gasteiger partial charge in [-0.05, 0) is 23.6 Å². The van der Waals surface area contributed by atoms with Gasteiger partial charge in [-0.2, -0.15) is 0 Å². The van der Waals surface area contributed by atoms with Crippen LogP contribution in [-0.2, 0) is 11.3 Å². The van der Waals surface area contributed by atoms with E-state index in [4.69, 9.17) is 9.26 Å². The second-order valence-electron chi connectivity index (χ2n) is 8.38. The molecule has 2 fully saturated rings. The Labute approximate surface area is 166 Å². The number of carbonyl (C=O) groups excluding carboxylic acids is 1. The van der Waals surface area contributed by atoms with Crippen molar-refractivity contribution in [3.05, 3.63) is 47.3 Å². The summed E-state index contributed by atoms with van der Waals surface area (Å²) < 4.78 is 10.7. The number of carbonyl (C=O) groups is 1. The Morgan fingerprint density at radius 1 is 1.25 bits per heavy atom. The number of benzene rings is 1. The fraction of sp³-hybridized carbons (Fsp3) is 0.545. The third kappa shape index (κ3) is 3.53. The number of hydrogen-bond acceptors (Lipinski definition) is 5. The van der Waals surface area contributed by atoms with Gasteiger partial charge in [-0.25, -0.2) is 0 Å². The van der Waals surface area contributed by atoms with E-state index in [0.717, 1.165) is 43.4 Å². The van der Waals surface area contributed by atoms with Gasteiger partial charge in [0.2, 0.25) is 5.91 Å². The fourth-order valence-corrected chi connectivity index (χ4v) is 4.72. The van der Waals surface area contributed by atoms with E-state index < -0.39 is 0 Å². The highest BCUT2D eigenvalue weighted by molar-refractivity contribution is 5.74. The van der Waals surface area contributed by atoms with E-state index in [0.29, 0.717) is 17.8 Å². The first-order valence-electron chi connectivity index (χ1n) is 10.0. The zero-order valence-corrected chi connectivity index (χ0v) is 17.1. The molecule has 0 radical (unpaired) electrons. The number of rotatable bonds is 5. The van der Waals surface area contributed by atoms with Crippen LogP contribution in [0.2, 0.25) is 0 Å². The lowest BCUT2D eigenvalue weighted by Crippen LogP contribution is -2.34. The van der Waals surface area contributed by atoms with Crippen molar-refractivity contribution in [3.8, 4) is 5.75 Å². The van der Waals surface area contributed by atoms with Crippen molar-refractivity contribution in [2.24, 2.45) is 11.8 Å². The summed E-state index contributed by atoms with van der Waals surface area (Å²) in [5.74, 6) is 3.21. The van der Waals surface area contributed by atoms with E-state index in [2.05, 4.69) is 42.1 Å². The molecule has 3 heterocycles. The van der Waals surface area contributed by atoms with Crippen molar-refractivity contribution >= 4 is 5.91 Å². The molecule has 4 rings (SSSR count). The van der Waals surface area contributed by atoms with Crippen molar-refractivity contribution in [3.63, 3.8) is 0 Å². The molecule has 2 aliphatic heterocycles. The summed E-state index contributed by atoms with van der Waals surface area (Å²) in [5, 5.41) is 4.24. The molecule has 2 saturated heterocycles. The van der Waals surface area contributed by atoms with E-state index in [1.54, 1.807) is 14.0 Å². The normalized spacial score (nSPS) is 24.8. The Kier molecular flexibility index (Phi) is 5.15. The van der Waals surface area contributed by atoms with Crippen LogP contribution in [-0.4, -0.2) is 47.6 Å². The monoisotopic (exact) mass is 383 g/mol. The van der Waals surface area contributed by atoms with Gasteiger partial charge in [0.25, 0.3) is 0 Å². The van der Waals surface area contributed by atoms with Gasteiger partial charge in [-0.15, -0.1) is 0 Å². The summed E-state index contributed by atoms with van der Waals surface area (Å²) in [6.45, 7) is 9.49. The molecule has 1 amide bonds. The van der Waals surface area contributed by atoms with E-state index in [1.165, 1.54) is 5.56 Å². The Morgan fingerprint density at radius 2 is 2.00 bits per heavy atom. The lowest BCUT2D eigenvalue weighted by Gasteiger charge is -2.29.